The van der Waals surface area contributed by atoms with Gasteiger partial charge in [-0.15, -0.1) is 0 Å². The normalized spacial score (nSPS) is 12.2. The van der Waals surface area contributed by atoms with Gasteiger partial charge in [-0.05, 0) is 49.2 Å². The maximum absolute atomic E-state index is 6.11. The lowest BCUT2D eigenvalue weighted by molar-refractivity contribution is 0.733. The van der Waals surface area contributed by atoms with Crippen molar-refractivity contribution in [2.24, 2.45) is 5.73 Å². The van der Waals surface area contributed by atoms with Crippen molar-refractivity contribution in [1.82, 2.24) is 4.98 Å². The summed E-state index contributed by atoms with van der Waals surface area (Å²) in [5, 5.41) is 0.757. The maximum atomic E-state index is 6.11. The fourth-order valence-corrected chi connectivity index (χ4v) is 2.58. The van der Waals surface area contributed by atoms with Crippen molar-refractivity contribution in [3.63, 3.8) is 0 Å². The number of pyridine rings is 1. The SMILES string of the molecule is CC(N)Cc1cc(Cl)ccc1N(C)CCc1ccccn1. The summed E-state index contributed by atoms with van der Waals surface area (Å²) in [7, 11) is 2.09. The molecule has 0 bridgehead atoms. The van der Waals surface area contributed by atoms with Crippen LogP contribution in [0.15, 0.2) is 42.6 Å². The molecule has 0 fully saturated rings. The summed E-state index contributed by atoms with van der Waals surface area (Å²) in [6.07, 6.45) is 3.57. The Labute approximate surface area is 131 Å². The molecule has 2 rings (SSSR count). The van der Waals surface area contributed by atoms with Gasteiger partial charge in [-0.1, -0.05) is 17.7 Å². The molecule has 1 atom stereocenters. The van der Waals surface area contributed by atoms with Crippen LogP contribution in [0.1, 0.15) is 18.2 Å². The van der Waals surface area contributed by atoms with E-state index in [1.165, 1.54) is 11.3 Å². The highest BCUT2D eigenvalue weighted by Crippen LogP contribution is 2.25. The van der Waals surface area contributed by atoms with E-state index in [0.717, 1.165) is 30.1 Å². The molecular weight excluding hydrogens is 282 g/mol. The average molecular weight is 304 g/mol. The Morgan fingerprint density at radius 1 is 1.29 bits per heavy atom. The van der Waals surface area contributed by atoms with Crippen molar-refractivity contribution < 1.29 is 0 Å². The average Bonchev–Trinajstić information content (AvgIpc) is 2.45. The van der Waals surface area contributed by atoms with E-state index in [4.69, 9.17) is 17.3 Å². The molecule has 0 saturated heterocycles. The lowest BCUT2D eigenvalue weighted by Crippen LogP contribution is -2.24. The number of aromatic nitrogens is 1. The van der Waals surface area contributed by atoms with Crippen molar-refractivity contribution in [2.45, 2.75) is 25.8 Å². The summed E-state index contributed by atoms with van der Waals surface area (Å²) >= 11 is 6.11. The van der Waals surface area contributed by atoms with E-state index in [9.17, 15) is 0 Å². The highest BCUT2D eigenvalue weighted by atomic mass is 35.5. The second kappa shape index (κ2) is 7.43. The van der Waals surface area contributed by atoms with Crippen LogP contribution in [-0.4, -0.2) is 24.6 Å². The molecule has 0 saturated carbocycles. The molecule has 1 aromatic carbocycles. The van der Waals surface area contributed by atoms with Crippen molar-refractivity contribution in [3.8, 4) is 0 Å². The summed E-state index contributed by atoms with van der Waals surface area (Å²) in [4.78, 5) is 6.60. The number of halogens is 1. The van der Waals surface area contributed by atoms with E-state index in [2.05, 4.69) is 29.1 Å². The van der Waals surface area contributed by atoms with Crippen molar-refractivity contribution in [2.75, 3.05) is 18.5 Å². The smallest absolute Gasteiger partial charge is 0.0421 e. The Balaban J connectivity index is 2.09. The van der Waals surface area contributed by atoms with Gasteiger partial charge in [0.15, 0.2) is 0 Å². The van der Waals surface area contributed by atoms with Gasteiger partial charge in [0.1, 0.15) is 0 Å². The molecular formula is C17H22ClN3. The number of hydrogen-bond acceptors (Lipinski definition) is 3. The lowest BCUT2D eigenvalue weighted by Gasteiger charge is -2.23. The van der Waals surface area contributed by atoms with E-state index in [-0.39, 0.29) is 6.04 Å². The molecule has 1 heterocycles. The molecule has 0 spiro atoms. The minimum Gasteiger partial charge on any atom is -0.374 e. The van der Waals surface area contributed by atoms with Crippen LogP contribution < -0.4 is 10.6 Å². The summed E-state index contributed by atoms with van der Waals surface area (Å²) in [5.74, 6) is 0. The van der Waals surface area contributed by atoms with Gasteiger partial charge in [0, 0.05) is 48.7 Å². The highest BCUT2D eigenvalue weighted by molar-refractivity contribution is 6.30. The first-order chi connectivity index (χ1) is 10.1. The van der Waals surface area contributed by atoms with Crippen LogP contribution in [0, 0.1) is 0 Å². The lowest BCUT2D eigenvalue weighted by atomic mass is 10.0. The number of nitrogens with zero attached hydrogens (tertiary/aromatic N) is 2. The van der Waals surface area contributed by atoms with E-state index < -0.39 is 0 Å². The first-order valence-corrected chi connectivity index (χ1v) is 7.59. The van der Waals surface area contributed by atoms with Gasteiger partial charge in [-0.25, -0.2) is 0 Å². The third-order valence-corrected chi connectivity index (χ3v) is 3.66. The Kier molecular flexibility index (Phi) is 5.59. The van der Waals surface area contributed by atoms with Crippen LogP contribution in [0.25, 0.3) is 0 Å². The summed E-state index contributed by atoms with van der Waals surface area (Å²) in [5.41, 5.74) is 9.42. The highest BCUT2D eigenvalue weighted by Gasteiger charge is 2.10. The van der Waals surface area contributed by atoms with Crippen molar-refractivity contribution in [1.29, 1.82) is 0 Å². The number of likely N-dealkylation sites (N-methyl/N-ethyl adjacent to an activating group) is 1. The number of anilines is 1. The molecule has 21 heavy (non-hydrogen) atoms. The molecule has 2 N–H and O–H groups in total. The fourth-order valence-electron chi connectivity index (χ4n) is 2.39. The van der Waals surface area contributed by atoms with E-state index >= 15 is 0 Å². The zero-order valence-electron chi connectivity index (χ0n) is 12.6. The van der Waals surface area contributed by atoms with Gasteiger partial charge in [-0.2, -0.15) is 0 Å². The van der Waals surface area contributed by atoms with Gasteiger partial charge in [0.05, 0.1) is 0 Å². The van der Waals surface area contributed by atoms with Crippen LogP contribution >= 0.6 is 11.6 Å². The summed E-state index contributed by atoms with van der Waals surface area (Å²) < 4.78 is 0. The number of nitrogens with two attached hydrogens (primary N) is 1. The second-order valence-electron chi connectivity index (χ2n) is 5.45. The Bertz CT molecular complexity index is 570. The largest absolute Gasteiger partial charge is 0.374 e. The standard InChI is InChI=1S/C17H22ClN3/c1-13(19)11-14-12-15(18)6-7-17(14)21(2)10-8-16-5-3-4-9-20-16/h3-7,9,12-13H,8,10-11,19H2,1-2H3. The second-order valence-corrected chi connectivity index (χ2v) is 5.88. The quantitative estimate of drug-likeness (QED) is 0.890. The minimum atomic E-state index is 0.117. The molecule has 4 heteroatoms. The molecule has 0 aliphatic rings. The van der Waals surface area contributed by atoms with Gasteiger partial charge in [-0.3, -0.25) is 4.98 Å². The van der Waals surface area contributed by atoms with Crippen molar-refractivity contribution in [3.05, 3.63) is 58.9 Å². The van der Waals surface area contributed by atoms with Gasteiger partial charge in [0.2, 0.25) is 0 Å². The zero-order chi connectivity index (χ0) is 15.2. The fraction of sp³-hybridized carbons (Fsp3) is 0.353. The molecule has 112 valence electrons. The number of rotatable bonds is 6. The minimum absolute atomic E-state index is 0.117. The molecule has 0 aliphatic carbocycles. The van der Waals surface area contributed by atoms with Crippen LogP contribution in [0.2, 0.25) is 5.02 Å². The molecule has 0 amide bonds. The summed E-state index contributed by atoms with van der Waals surface area (Å²) in [6, 6.07) is 12.1. The maximum Gasteiger partial charge on any atom is 0.0421 e. The van der Waals surface area contributed by atoms with E-state index in [1.54, 1.807) is 0 Å². The topological polar surface area (TPSA) is 42.1 Å². The third-order valence-electron chi connectivity index (χ3n) is 3.42. The van der Waals surface area contributed by atoms with Gasteiger partial charge < -0.3 is 10.6 Å². The predicted octanol–water partition coefficient (Wildman–Crippen LogP) is 3.30. The number of hydrogen-bond donors (Lipinski definition) is 1. The van der Waals surface area contributed by atoms with E-state index in [0.29, 0.717) is 0 Å². The van der Waals surface area contributed by atoms with E-state index in [1.807, 2.05) is 37.4 Å². The molecule has 1 aromatic heterocycles. The Morgan fingerprint density at radius 3 is 2.76 bits per heavy atom. The first-order valence-electron chi connectivity index (χ1n) is 7.21. The van der Waals surface area contributed by atoms with Crippen LogP contribution in [0.5, 0.6) is 0 Å². The molecule has 3 nitrogen and oxygen atoms in total. The molecule has 0 radical (unpaired) electrons. The first kappa shape index (κ1) is 15.8. The van der Waals surface area contributed by atoms with Crippen molar-refractivity contribution >= 4 is 17.3 Å². The van der Waals surface area contributed by atoms with Gasteiger partial charge in [0.25, 0.3) is 0 Å². The van der Waals surface area contributed by atoms with Crippen LogP contribution in [-0.2, 0) is 12.8 Å². The predicted molar refractivity (Wildman–Crippen MR) is 90.0 cm³/mol. The van der Waals surface area contributed by atoms with Crippen LogP contribution in [0.3, 0.4) is 0 Å². The monoisotopic (exact) mass is 303 g/mol. The molecule has 0 aliphatic heterocycles. The Morgan fingerprint density at radius 2 is 2.10 bits per heavy atom. The summed E-state index contributed by atoms with van der Waals surface area (Å²) in [6.45, 7) is 2.92. The zero-order valence-corrected chi connectivity index (χ0v) is 13.3. The van der Waals surface area contributed by atoms with Gasteiger partial charge >= 0.3 is 0 Å². The molecule has 1 unspecified atom stereocenters. The Hall–Kier alpha value is -1.58. The third kappa shape index (κ3) is 4.73. The van der Waals surface area contributed by atoms with Crippen LogP contribution in [0.4, 0.5) is 5.69 Å². The number of benzene rings is 1. The molecule has 2 aromatic rings.